The maximum absolute atomic E-state index is 13.0. The first kappa shape index (κ1) is 21.6. The SMILES string of the molecule is Cc1nnc(-c2ccc3nnc(CC(=O)c4cccc(OC5CCN(C)CC5)c4)cc3c2)s1. The summed E-state index contributed by atoms with van der Waals surface area (Å²) in [6, 6.07) is 15.3. The molecule has 7 nitrogen and oxygen atoms in total. The van der Waals surface area contributed by atoms with Crippen molar-refractivity contribution in [2.75, 3.05) is 20.1 Å². The molecule has 33 heavy (non-hydrogen) atoms. The topological polar surface area (TPSA) is 81.1 Å². The first-order valence-corrected chi connectivity index (χ1v) is 11.9. The van der Waals surface area contributed by atoms with Gasteiger partial charge in [0.2, 0.25) is 0 Å². The molecule has 1 saturated heterocycles. The van der Waals surface area contributed by atoms with E-state index in [-0.39, 0.29) is 18.3 Å². The van der Waals surface area contributed by atoms with E-state index in [2.05, 4.69) is 32.3 Å². The second kappa shape index (κ2) is 9.33. The normalized spacial score (nSPS) is 15.1. The number of carbonyl (C=O) groups excluding carboxylic acids is 1. The summed E-state index contributed by atoms with van der Waals surface area (Å²) in [4.78, 5) is 15.3. The van der Waals surface area contributed by atoms with Gasteiger partial charge in [0.1, 0.15) is 21.9 Å². The van der Waals surface area contributed by atoms with Crippen molar-refractivity contribution in [1.29, 1.82) is 0 Å². The molecule has 5 rings (SSSR count). The number of aromatic nitrogens is 4. The van der Waals surface area contributed by atoms with Crippen molar-refractivity contribution >= 4 is 28.0 Å². The van der Waals surface area contributed by atoms with Crippen LogP contribution in [0.4, 0.5) is 0 Å². The fourth-order valence-electron chi connectivity index (χ4n) is 4.02. The monoisotopic (exact) mass is 459 g/mol. The molecular formula is C25H25N5O2S. The summed E-state index contributed by atoms with van der Waals surface area (Å²) >= 11 is 1.55. The number of likely N-dealkylation sites (tertiary alicyclic amines) is 1. The van der Waals surface area contributed by atoms with Crippen LogP contribution in [0, 0.1) is 6.92 Å². The minimum Gasteiger partial charge on any atom is -0.490 e. The molecule has 3 heterocycles. The lowest BCUT2D eigenvalue weighted by molar-refractivity contribution is 0.0987. The van der Waals surface area contributed by atoms with Crippen LogP contribution in [0.15, 0.2) is 48.5 Å². The molecule has 1 fully saturated rings. The molecule has 0 atom stereocenters. The van der Waals surface area contributed by atoms with Gasteiger partial charge in [0, 0.05) is 29.6 Å². The largest absolute Gasteiger partial charge is 0.490 e. The highest BCUT2D eigenvalue weighted by Gasteiger charge is 2.19. The van der Waals surface area contributed by atoms with Crippen LogP contribution in [-0.2, 0) is 6.42 Å². The summed E-state index contributed by atoms with van der Waals surface area (Å²) in [7, 11) is 2.13. The number of ketones is 1. The lowest BCUT2D eigenvalue weighted by atomic mass is 10.0. The third-order valence-corrected chi connectivity index (χ3v) is 6.76. The predicted molar refractivity (Wildman–Crippen MR) is 129 cm³/mol. The van der Waals surface area contributed by atoms with E-state index in [0.29, 0.717) is 11.3 Å². The van der Waals surface area contributed by atoms with Crippen molar-refractivity contribution in [1.82, 2.24) is 25.3 Å². The van der Waals surface area contributed by atoms with E-state index in [9.17, 15) is 4.79 Å². The van der Waals surface area contributed by atoms with Crippen molar-refractivity contribution in [2.24, 2.45) is 0 Å². The number of carbonyl (C=O) groups is 1. The number of nitrogens with zero attached hydrogens (tertiary/aromatic N) is 5. The average molecular weight is 460 g/mol. The van der Waals surface area contributed by atoms with Crippen LogP contribution in [0.5, 0.6) is 5.75 Å². The number of fused-ring (bicyclic) bond motifs is 1. The summed E-state index contributed by atoms with van der Waals surface area (Å²) < 4.78 is 6.14. The maximum atomic E-state index is 13.0. The average Bonchev–Trinajstić information content (AvgIpc) is 3.26. The minimum absolute atomic E-state index is 0.00613. The summed E-state index contributed by atoms with van der Waals surface area (Å²) in [5.41, 5.74) is 3.03. The second-order valence-corrected chi connectivity index (χ2v) is 9.67. The Bertz CT molecular complexity index is 1300. The van der Waals surface area contributed by atoms with Gasteiger partial charge in [0.25, 0.3) is 0 Å². The molecule has 0 aliphatic carbocycles. The molecule has 0 spiro atoms. The Labute approximate surface area is 196 Å². The predicted octanol–water partition coefficient (Wildman–Crippen LogP) is 4.36. The summed E-state index contributed by atoms with van der Waals surface area (Å²) in [6.07, 6.45) is 2.38. The van der Waals surface area contributed by atoms with E-state index >= 15 is 0 Å². The van der Waals surface area contributed by atoms with E-state index in [1.807, 2.05) is 55.5 Å². The Morgan fingerprint density at radius 3 is 2.70 bits per heavy atom. The molecule has 0 N–H and O–H groups in total. The summed E-state index contributed by atoms with van der Waals surface area (Å²) in [5, 5.41) is 19.6. The van der Waals surface area contributed by atoms with Crippen LogP contribution in [0.25, 0.3) is 21.5 Å². The van der Waals surface area contributed by atoms with Gasteiger partial charge in [0.05, 0.1) is 17.6 Å². The number of rotatable bonds is 6. The van der Waals surface area contributed by atoms with E-state index in [4.69, 9.17) is 4.74 Å². The maximum Gasteiger partial charge on any atom is 0.169 e. The van der Waals surface area contributed by atoms with Crippen LogP contribution in [0.2, 0.25) is 0 Å². The van der Waals surface area contributed by atoms with Crippen molar-refractivity contribution in [3.05, 3.63) is 64.8 Å². The molecule has 0 unspecified atom stereocenters. The van der Waals surface area contributed by atoms with Crippen LogP contribution >= 0.6 is 11.3 Å². The van der Waals surface area contributed by atoms with Crippen LogP contribution in [0.1, 0.15) is 33.9 Å². The molecule has 0 saturated carbocycles. The lowest BCUT2D eigenvalue weighted by Crippen LogP contribution is -2.35. The van der Waals surface area contributed by atoms with E-state index in [0.717, 1.165) is 58.2 Å². The number of hydrogen-bond acceptors (Lipinski definition) is 8. The second-order valence-electron chi connectivity index (χ2n) is 8.48. The van der Waals surface area contributed by atoms with E-state index < -0.39 is 0 Å². The molecule has 2 aromatic heterocycles. The van der Waals surface area contributed by atoms with E-state index in [1.54, 1.807) is 11.3 Å². The first-order chi connectivity index (χ1) is 16.0. The smallest absolute Gasteiger partial charge is 0.169 e. The fourth-order valence-corrected chi connectivity index (χ4v) is 4.71. The van der Waals surface area contributed by atoms with Crippen molar-refractivity contribution < 1.29 is 9.53 Å². The first-order valence-electron chi connectivity index (χ1n) is 11.1. The zero-order valence-electron chi connectivity index (χ0n) is 18.7. The Balaban J connectivity index is 1.31. The molecule has 1 aliphatic rings. The van der Waals surface area contributed by atoms with Gasteiger partial charge in [-0.05, 0) is 63.2 Å². The molecular weight excluding hydrogens is 434 g/mol. The zero-order chi connectivity index (χ0) is 22.8. The quantitative estimate of drug-likeness (QED) is 0.396. The van der Waals surface area contributed by atoms with Crippen molar-refractivity contribution in [3.63, 3.8) is 0 Å². The van der Waals surface area contributed by atoms with Gasteiger partial charge in [0.15, 0.2) is 5.78 Å². The van der Waals surface area contributed by atoms with Gasteiger partial charge < -0.3 is 9.64 Å². The zero-order valence-corrected chi connectivity index (χ0v) is 19.5. The van der Waals surface area contributed by atoms with Gasteiger partial charge in [-0.25, -0.2) is 0 Å². The highest BCUT2D eigenvalue weighted by Crippen LogP contribution is 2.26. The third-order valence-electron chi connectivity index (χ3n) is 5.87. The third kappa shape index (κ3) is 5.07. The summed E-state index contributed by atoms with van der Waals surface area (Å²) in [6.45, 7) is 4.00. The van der Waals surface area contributed by atoms with Crippen molar-refractivity contribution in [3.8, 4) is 16.3 Å². The lowest BCUT2D eigenvalue weighted by Gasteiger charge is -2.29. The molecule has 168 valence electrons. The van der Waals surface area contributed by atoms with Gasteiger partial charge >= 0.3 is 0 Å². The number of Topliss-reactive ketones (excluding diaryl/α,β-unsaturated/α-hetero) is 1. The number of aryl methyl sites for hydroxylation is 1. The molecule has 0 radical (unpaired) electrons. The molecule has 2 aromatic carbocycles. The highest BCUT2D eigenvalue weighted by atomic mass is 32.1. The molecule has 0 amide bonds. The van der Waals surface area contributed by atoms with Gasteiger partial charge in [-0.2, -0.15) is 10.2 Å². The van der Waals surface area contributed by atoms with Crippen LogP contribution in [-0.4, -0.2) is 57.3 Å². The van der Waals surface area contributed by atoms with E-state index in [1.165, 1.54) is 0 Å². The standard InChI is InChI=1S/C25H25N5O2S/c1-16-26-29-25(33-16)18-6-7-23-19(12-18)13-20(27-28-23)15-24(31)17-4-3-5-22(14-17)32-21-8-10-30(2)11-9-21/h3-7,12-14,21H,8-11,15H2,1-2H3. The van der Waals surface area contributed by atoms with Crippen molar-refractivity contribution in [2.45, 2.75) is 32.3 Å². The number of hydrogen-bond donors (Lipinski definition) is 0. The number of benzene rings is 2. The molecule has 8 heteroatoms. The molecule has 4 aromatic rings. The van der Waals surface area contributed by atoms with Gasteiger partial charge in [-0.3, -0.25) is 4.79 Å². The minimum atomic E-state index is -0.00613. The van der Waals surface area contributed by atoms with Gasteiger partial charge in [-0.15, -0.1) is 10.2 Å². The Kier molecular flexibility index (Phi) is 6.11. The Morgan fingerprint density at radius 1 is 1.06 bits per heavy atom. The fraction of sp³-hybridized carbons (Fsp3) is 0.320. The number of piperidine rings is 1. The molecule has 0 bridgehead atoms. The summed E-state index contributed by atoms with van der Waals surface area (Å²) in [5.74, 6) is 0.741. The number of ether oxygens (including phenoxy) is 1. The Morgan fingerprint density at radius 2 is 1.91 bits per heavy atom. The Hall–Kier alpha value is -3.23. The van der Waals surface area contributed by atoms with Gasteiger partial charge in [-0.1, -0.05) is 23.5 Å². The highest BCUT2D eigenvalue weighted by molar-refractivity contribution is 7.14. The van der Waals surface area contributed by atoms with Crippen LogP contribution in [0.3, 0.4) is 0 Å². The van der Waals surface area contributed by atoms with Crippen LogP contribution < -0.4 is 4.74 Å². The molecule has 1 aliphatic heterocycles.